The minimum absolute atomic E-state index is 0.109. The number of carbonyl (C=O) groups is 1. The second-order valence-electron chi connectivity index (χ2n) is 5.89. The fraction of sp³-hybridized carbons (Fsp3) is 0.143. The van der Waals surface area contributed by atoms with Gasteiger partial charge in [0.25, 0.3) is 0 Å². The van der Waals surface area contributed by atoms with Gasteiger partial charge in [-0.05, 0) is 48.9 Å². The number of aromatic nitrogens is 1. The number of amides is 1. The van der Waals surface area contributed by atoms with Crippen LogP contribution < -0.4 is 15.4 Å². The number of pyridine rings is 1. The van der Waals surface area contributed by atoms with Crippen molar-refractivity contribution in [1.29, 1.82) is 0 Å². The predicted octanol–water partition coefficient (Wildman–Crippen LogP) is 4.54. The molecule has 1 amide bonds. The highest BCUT2D eigenvalue weighted by Crippen LogP contribution is 2.17. The molecule has 5 heteroatoms. The Morgan fingerprint density at radius 2 is 1.85 bits per heavy atom. The minimum Gasteiger partial charge on any atom is -0.493 e. The Bertz CT molecular complexity index is 849. The molecule has 0 aliphatic heterocycles. The lowest BCUT2D eigenvalue weighted by Crippen LogP contribution is -2.15. The summed E-state index contributed by atoms with van der Waals surface area (Å²) in [5.74, 6) is 1.37. The van der Waals surface area contributed by atoms with Gasteiger partial charge in [-0.15, -0.1) is 0 Å². The number of para-hydroxylation sites is 1. The molecule has 0 radical (unpaired) electrons. The van der Waals surface area contributed by atoms with Crippen LogP contribution in [0, 0.1) is 6.92 Å². The average Bonchev–Trinajstić information content (AvgIpc) is 2.64. The molecule has 26 heavy (non-hydrogen) atoms. The lowest BCUT2D eigenvalue weighted by molar-refractivity contribution is -0.116. The van der Waals surface area contributed by atoms with Crippen LogP contribution in [0.2, 0.25) is 0 Å². The summed E-state index contributed by atoms with van der Waals surface area (Å²) in [7, 11) is 0. The summed E-state index contributed by atoms with van der Waals surface area (Å²) >= 11 is 0. The zero-order valence-electron chi connectivity index (χ0n) is 14.6. The van der Waals surface area contributed by atoms with E-state index in [1.54, 1.807) is 6.20 Å². The van der Waals surface area contributed by atoms with E-state index in [0.717, 1.165) is 17.3 Å². The van der Waals surface area contributed by atoms with Gasteiger partial charge >= 0.3 is 0 Å². The minimum atomic E-state index is -0.109. The molecule has 0 bridgehead atoms. The quantitative estimate of drug-likeness (QED) is 0.658. The number of aryl methyl sites for hydroxylation is 1. The highest BCUT2D eigenvalue weighted by Gasteiger charge is 2.04. The molecule has 0 spiro atoms. The van der Waals surface area contributed by atoms with Gasteiger partial charge in [-0.1, -0.05) is 30.3 Å². The van der Waals surface area contributed by atoms with E-state index in [2.05, 4.69) is 15.6 Å². The summed E-state index contributed by atoms with van der Waals surface area (Å²) in [5.41, 5.74) is 2.81. The summed E-state index contributed by atoms with van der Waals surface area (Å²) in [6.07, 6.45) is 1.91. The SMILES string of the molecule is Cc1cccc(Nc2ccc(NC(=O)CCOc3ccccc3)cn2)c1. The zero-order chi connectivity index (χ0) is 18.2. The van der Waals surface area contributed by atoms with Gasteiger partial charge in [0.2, 0.25) is 5.91 Å². The van der Waals surface area contributed by atoms with Gasteiger partial charge in [-0.2, -0.15) is 0 Å². The molecule has 0 aliphatic rings. The van der Waals surface area contributed by atoms with Gasteiger partial charge in [0.05, 0.1) is 24.9 Å². The van der Waals surface area contributed by atoms with Crippen LogP contribution >= 0.6 is 0 Å². The molecule has 1 heterocycles. The summed E-state index contributed by atoms with van der Waals surface area (Å²) in [5, 5.41) is 6.05. The Kier molecular flexibility index (Phi) is 5.83. The normalized spacial score (nSPS) is 10.2. The maximum atomic E-state index is 12.0. The van der Waals surface area contributed by atoms with Crippen LogP contribution in [0.25, 0.3) is 0 Å². The first-order valence-corrected chi connectivity index (χ1v) is 8.46. The van der Waals surface area contributed by atoms with Gasteiger partial charge in [0.1, 0.15) is 11.6 Å². The molecule has 2 N–H and O–H groups in total. The Morgan fingerprint density at radius 3 is 2.58 bits per heavy atom. The lowest BCUT2D eigenvalue weighted by atomic mass is 10.2. The summed E-state index contributed by atoms with van der Waals surface area (Å²) in [6, 6.07) is 21.2. The standard InChI is InChI=1S/C21H21N3O2/c1-16-6-5-7-17(14-16)23-20-11-10-18(15-22-20)24-21(25)12-13-26-19-8-3-2-4-9-19/h2-11,14-15H,12-13H2,1H3,(H,22,23)(H,24,25). The first-order valence-electron chi connectivity index (χ1n) is 8.46. The molecule has 2 aromatic carbocycles. The van der Waals surface area contributed by atoms with Crippen molar-refractivity contribution in [2.45, 2.75) is 13.3 Å². The van der Waals surface area contributed by atoms with E-state index < -0.39 is 0 Å². The maximum absolute atomic E-state index is 12.0. The number of nitrogens with zero attached hydrogens (tertiary/aromatic N) is 1. The monoisotopic (exact) mass is 347 g/mol. The van der Waals surface area contributed by atoms with E-state index in [1.807, 2.05) is 73.7 Å². The molecule has 0 unspecified atom stereocenters. The molecule has 0 saturated carbocycles. The second-order valence-corrected chi connectivity index (χ2v) is 5.89. The number of carbonyl (C=O) groups excluding carboxylic acids is 1. The third-order valence-electron chi connectivity index (χ3n) is 3.68. The number of anilines is 3. The number of benzene rings is 2. The van der Waals surface area contributed by atoms with Crippen LogP contribution in [0.4, 0.5) is 17.2 Å². The number of ether oxygens (including phenoxy) is 1. The van der Waals surface area contributed by atoms with Crippen molar-refractivity contribution in [1.82, 2.24) is 4.98 Å². The van der Waals surface area contributed by atoms with E-state index in [9.17, 15) is 4.79 Å². The maximum Gasteiger partial charge on any atom is 0.227 e. The Morgan fingerprint density at radius 1 is 1.00 bits per heavy atom. The molecule has 1 aromatic heterocycles. The van der Waals surface area contributed by atoms with Gasteiger partial charge in [0.15, 0.2) is 0 Å². The fourth-order valence-electron chi connectivity index (χ4n) is 2.41. The smallest absolute Gasteiger partial charge is 0.227 e. The summed E-state index contributed by atoms with van der Waals surface area (Å²) in [6.45, 7) is 2.37. The molecular weight excluding hydrogens is 326 g/mol. The predicted molar refractivity (Wildman–Crippen MR) is 104 cm³/mol. The van der Waals surface area contributed by atoms with E-state index in [1.165, 1.54) is 5.56 Å². The fourth-order valence-corrected chi connectivity index (χ4v) is 2.41. The van der Waals surface area contributed by atoms with Crippen molar-refractivity contribution >= 4 is 23.1 Å². The van der Waals surface area contributed by atoms with Crippen LogP contribution in [-0.4, -0.2) is 17.5 Å². The first-order chi connectivity index (χ1) is 12.7. The third kappa shape index (κ3) is 5.34. The molecule has 3 aromatic rings. The number of nitrogens with one attached hydrogen (secondary N) is 2. The van der Waals surface area contributed by atoms with Crippen LogP contribution in [0.15, 0.2) is 72.9 Å². The molecule has 132 valence electrons. The lowest BCUT2D eigenvalue weighted by Gasteiger charge is -2.09. The zero-order valence-corrected chi connectivity index (χ0v) is 14.6. The Labute approximate surface area is 153 Å². The molecule has 0 atom stereocenters. The van der Waals surface area contributed by atoms with Gasteiger partial charge in [-0.3, -0.25) is 4.79 Å². The van der Waals surface area contributed by atoms with Gasteiger partial charge in [0, 0.05) is 5.69 Å². The number of hydrogen-bond donors (Lipinski definition) is 2. The first kappa shape index (κ1) is 17.5. The van der Waals surface area contributed by atoms with Crippen molar-refractivity contribution in [2.75, 3.05) is 17.2 Å². The van der Waals surface area contributed by atoms with Crippen LogP contribution in [0.3, 0.4) is 0 Å². The second kappa shape index (κ2) is 8.67. The molecule has 5 nitrogen and oxygen atoms in total. The van der Waals surface area contributed by atoms with Crippen LogP contribution in [0.5, 0.6) is 5.75 Å². The van der Waals surface area contributed by atoms with E-state index in [4.69, 9.17) is 4.74 Å². The molecule has 0 fully saturated rings. The number of rotatable bonds is 7. The van der Waals surface area contributed by atoms with Gasteiger partial charge in [-0.25, -0.2) is 4.98 Å². The molecule has 0 aliphatic carbocycles. The van der Waals surface area contributed by atoms with E-state index in [0.29, 0.717) is 12.3 Å². The van der Waals surface area contributed by atoms with E-state index >= 15 is 0 Å². The average molecular weight is 347 g/mol. The topological polar surface area (TPSA) is 63.2 Å². The van der Waals surface area contributed by atoms with Crippen LogP contribution in [0.1, 0.15) is 12.0 Å². The molecule has 0 saturated heterocycles. The summed E-state index contributed by atoms with van der Waals surface area (Å²) < 4.78 is 5.52. The third-order valence-corrected chi connectivity index (χ3v) is 3.68. The van der Waals surface area contributed by atoms with Crippen molar-refractivity contribution in [2.24, 2.45) is 0 Å². The van der Waals surface area contributed by atoms with Crippen molar-refractivity contribution in [3.8, 4) is 5.75 Å². The molecule has 3 rings (SSSR count). The Hall–Kier alpha value is -3.34. The van der Waals surface area contributed by atoms with Crippen molar-refractivity contribution in [3.05, 3.63) is 78.5 Å². The highest BCUT2D eigenvalue weighted by atomic mass is 16.5. The summed E-state index contributed by atoms with van der Waals surface area (Å²) in [4.78, 5) is 16.3. The van der Waals surface area contributed by atoms with Crippen LogP contribution in [-0.2, 0) is 4.79 Å². The van der Waals surface area contributed by atoms with Gasteiger partial charge < -0.3 is 15.4 Å². The van der Waals surface area contributed by atoms with Crippen molar-refractivity contribution < 1.29 is 9.53 Å². The largest absolute Gasteiger partial charge is 0.493 e. The van der Waals surface area contributed by atoms with E-state index in [-0.39, 0.29) is 12.3 Å². The highest BCUT2D eigenvalue weighted by molar-refractivity contribution is 5.90. The van der Waals surface area contributed by atoms with Crippen molar-refractivity contribution in [3.63, 3.8) is 0 Å². The molecular formula is C21H21N3O2. The Balaban J connectivity index is 1.46. The number of hydrogen-bond acceptors (Lipinski definition) is 4.